The zero-order valence-electron chi connectivity index (χ0n) is 10.5. The molecule has 0 aromatic rings. The Morgan fingerprint density at radius 2 is 1.94 bits per heavy atom. The van der Waals surface area contributed by atoms with E-state index in [0.29, 0.717) is 12.2 Å². The molecule has 0 spiro atoms. The molecule has 4 heteroatoms. The predicted octanol–water partition coefficient (Wildman–Crippen LogP) is 0.0508. The Morgan fingerprint density at radius 1 is 1.12 bits per heavy atom. The average Bonchev–Trinajstić information content (AvgIpc) is 2.56. The van der Waals surface area contributed by atoms with Crippen molar-refractivity contribution in [3.05, 3.63) is 0 Å². The number of hydrogen-bond donors (Lipinski definition) is 2. The molecule has 2 saturated heterocycles. The first kappa shape index (κ1) is 12.3. The lowest BCUT2D eigenvalue weighted by Gasteiger charge is -2.40. The molecule has 94 valence electrons. The summed E-state index contributed by atoms with van der Waals surface area (Å²) >= 11 is 0. The van der Waals surface area contributed by atoms with E-state index in [1.165, 1.54) is 45.4 Å². The normalized spacial score (nSPS) is 32.2. The highest BCUT2D eigenvalue weighted by Gasteiger charge is 2.25. The summed E-state index contributed by atoms with van der Waals surface area (Å²) in [5.74, 6) is 0. The Morgan fingerprint density at radius 3 is 2.75 bits per heavy atom. The van der Waals surface area contributed by atoms with E-state index in [1.807, 2.05) is 0 Å². The van der Waals surface area contributed by atoms with E-state index in [2.05, 4.69) is 22.0 Å². The van der Waals surface area contributed by atoms with Crippen molar-refractivity contribution in [1.29, 1.82) is 0 Å². The number of hydrogen-bond acceptors (Lipinski definition) is 4. The molecule has 2 aliphatic rings. The van der Waals surface area contributed by atoms with Gasteiger partial charge in [-0.2, -0.15) is 0 Å². The molecular formula is C12H26N4. The molecule has 0 aromatic carbocycles. The van der Waals surface area contributed by atoms with Gasteiger partial charge in [0.05, 0.1) is 6.17 Å². The molecule has 0 radical (unpaired) electrons. The van der Waals surface area contributed by atoms with Gasteiger partial charge in [-0.1, -0.05) is 0 Å². The van der Waals surface area contributed by atoms with Gasteiger partial charge in [-0.25, -0.2) is 0 Å². The van der Waals surface area contributed by atoms with E-state index < -0.39 is 0 Å². The zero-order chi connectivity index (χ0) is 11.4. The summed E-state index contributed by atoms with van der Waals surface area (Å²) in [5, 5.41) is 3.46. The van der Waals surface area contributed by atoms with Gasteiger partial charge in [0.25, 0.3) is 0 Å². The molecule has 4 nitrogen and oxygen atoms in total. The second-order valence-electron chi connectivity index (χ2n) is 5.17. The molecule has 16 heavy (non-hydrogen) atoms. The van der Waals surface area contributed by atoms with Crippen LogP contribution in [0.5, 0.6) is 0 Å². The van der Waals surface area contributed by atoms with Gasteiger partial charge in [0.1, 0.15) is 0 Å². The quantitative estimate of drug-likeness (QED) is 0.698. The summed E-state index contributed by atoms with van der Waals surface area (Å²) in [7, 11) is 0. The minimum atomic E-state index is 0.390. The zero-order valence-corrected chi connectivity index (χ0v) is 10.5. The van der Waals surface area contributed by atoms with Gasteiger partial charge in [-0.05, 0) is 39.3 Å². The molecular weight excluding hydrogens is 200 g/mol. The van der Waals surface area contributed by atoms with E-state index in [1.54, 1.807) is 0 Å². The Labute approximate surface area is 99.2 Å². The van der Waals surface area contributed by atoms with Gasteiger partial charge in [0.15, 0.2) is 0 Å². The van der Waals surface area contributed by atoms with Crippen molar-refractivity contribution in [1.82, 2.24) is 15.1 Å². The Kier molecular flexibility index (Phi) is 4.58. The maximum absolute atomic E-state index is 6.05. The monoisotopic (exact) mass is 226 g/mol. The summed E-state index contributed by atoms with van der Waals surface area (Å²) in [6.45, 7) is 9.33. The fourth-order valence-corrected chi connectivity index (χ4v) is 2.85. The summed E-state index contributed by atoms with van der Waals surface area (Å²) < 4.78 is 0. The first-order valence-electron chi connectivity index (χ1n) is 6.72. The van der Waals surface area contributed by atoms with Gasteiger partial charge in [0, 0.05) is 32.2 Å². The molecule has 0 saturated carbocycles. The van der Waals surface area contributed by atoms with Crippen molar-refractivity contribution in [3.63, 3.8) is 0 Å². The number of piperidine rings is 1. The van der Waals surface area contributed by atoms with Crippen LogP contribution in [0.15, 0.2) is 0 Å². The third-order valence-corrected chi connectivity index (χ3v) is 3.92. The van der Waals surface area contributed by atoms with E-state index in [0.717, 1.165) is 13.1 Å². The van der Waals surface area contributed by atoms with E-state index >= 15 is 0 Å². The van der Waals surface area contributed by atoms with Crippen LogP contribution >= 0.6 is 0 Å². The molecule has 2 atom stereocenters. The molecule has 0 aromatic heterocycles. The van der Waals surface area contributed by atoms with Crippen LogP contribution in [0.4, 0.5) is 0 Å². The van der Waals surface area contributed by atoms with Gasteiger partial charge in [-0.15, -0.1) is 0 Å². The maximum Gasteiger partial charge on any atom is 0.0594 e. The molecule has 3 N–H and O–H groups in total. The topological polar surface area (TPSA) is 44.5 Å². The average molecular weight is 226 g/mol. The lowest BCUT2D eigenvalue weighted by molar-refractivity contribution is 0.0397. The van der Waals surface area contributed by atoms with Crippen molar-refractivity contribution in [2.75, 3.05) is 39.3 Å². The highest BCUT2D eigenvalue weighted by molar-refractivity contribution is 4.80. The van der Waals surface area contributed by atoms with Crippen LogP contribution in [-0.4, -0.2) is 61.3 Å². The lowest BCUT2D eigenvalue weighted by Crippen LogP contribution is -2.53. The largest absolute Gasteiger partial charge is 0.327 e. The summed E-state index contributed by atoms with van der Waals surface area (Å²) in [5.41, 5.74) is 6.05. The molecule has 0 aliphatic carbocycles. The first-order chi connectivity index (χ1) is 7.77. The minimum absolute atomic E-state index is 0.390. The third kappa shape index (κ3) is 3.17. The summed E-state index contributed by atoms with van der Waals surface area (Å²) in [4.78, 5) is 5.15. The first-order valence-corrected chi connectivity index (χ1v) is 6.72. The van der Waals surface area contributed by atoms with Crippen LogP contribution in [0.2, 0.25) is 0 Å². The standard InChI is InChI=1S/C12H26N4/c1-11(15-8-3-5-14-6-9-15)16-7-2-4-12(13)10-16/h11-12,14H,2-10,13H2,1H3. The van der Waals surface area contributed by atoms with Gasteiger partial charge >= 0.3 is 0 Å². The molecule has 2 aliphatic heterocycles. The van der Waals surface area contributed by atoms with Crippen LogP contribution in [0.3, 0.4) is 0 Å². The van der Waals surface area contributed by atoms with Crippen LogP contribution in [0, 0.1) is 0 Å². The Hall–Kier alpha value is -0.160. The Balaban J connectivity index is 1.86. The fraction of sp³-hybridized carbons (Fsp3) is 1.00. The second kappa shape index (κ2) is 5.96. The maximum atomic E-state index is 6.05. The Bertz CT molecular complexity index is 199. The lowest BCUT2D eigenvalue weighted by atomic mass is 10.1. The highest BCUT2D eigenvalue weighted by Crippen LogP contribution is 2.14. The third-order valence-electron chi connectivity index (χ3n) is 3.92. The van der Waals surface area contributed by atoms with Gasteiger partial charge in [0.2, 0.25) is 0 Å². The molecule has 2 heterocycles. The summed E-state index contributed by atoms with van der Waals surface area (Å²) in [6.07, 6.45) is 4.29. The SMILES string of the molecule is CC(N1CCCNCC1)N1CCCC(N)C1. The molecule has 2 rings (SSSR count). The van der Waals surface area contributed by atoms with Crippen molar-refractivity contribution in [2.45, 2.75) is 38.4 Å². The van der Waals surface area contributed by atoms with Crippen molar-refractivity contribution >= 4 is 0 Å². The van der Waals surface area contributed by atoms with E-state index in [4.69, 9.17) is 5.73 Å². The van der Waals surface area contributed by atoms with Crippen molar-refractivity contribution < 1.29 is 0 Å². The summed E-state index contributed by atoms with van der Waals surface area (Å²) in [6, 6.07) is 0.390. The molecule has 0 amide bonds. The number of likely N-dealkylation sites (tertiary alicyclic amines) is 1. The van der Waals surface area contributed by atoms with Crippen LogP contribution in [0.25, 0.3) is 0 Å². The highest BCUT2D eigenvalue weighted by atomic mass is 15.4. The smallest absolute Gasteiger partial charge is 0.0594 e. The fourth-order valence-electron chi connectivity index (χ4n) is 2.85. The van der Waals surface area contributed by atoms with Crippen molar-refractivity contribution in [3.8, 4) is 0 Å². The molecule has 0 bridgehead atoms. The molecule has 2 unspecified atom stereocenters. The number of nitrogens with one attached hydrogen (secondary N) is 1. The van der Waals surface area contributed by atoms with Crippen LogP contribution < -0.4 is 11.1 Å². The van der Waals surface area contributed by atoms with Crippen molar-refractivity contribution in [2.24, 2.45) is 5.73 Å². The van der Waals surface area contributed by atoms with Gasteiger partial charge in [-0.3, -0.25) is 9.80 Å². The van der Waals surface area contributed by atoms with Crippen LogP contribution in [0.1, 0.15) is 26.2 Å². The number of nitrogens with zero attached hydrogens (tertiary/aromatic N) is 2. The molecule has 2 fully saturated rings. The number of rotatable bonds is 2. The van der Waals surface area contributed by atoms with E-state index in [9.17, 15) is 0 Å². The number of nitrogens with two attached hydrogens (primary N) is 1. The second-order valence-corrected chi connectivity index (χ2v) is 5.17. The minimum Gasteiger partial charge on any atom is -0.327 e. The van der Waals surface area contributed by atoms with Gasteiger partial charge < -0.3 is 11.1 Å². The predicted molar refractivity (Wildman–Crippen MR) is 67.3 cm³/mol. The van der Waals surface area contributed by atoms with E-state index in [-0.39, 0.29) is 0 Å². The van der Waals surface area contributed by atoms with Crippen LogP contribution in [-0.2, 0) is 0 Å².